The molecular formula is C19H23N3O3. The van der Waals surface area contributed by atoms with Crippen molar-refractivity contribution in [1.29, 1.82) is 0 Å². The second-order valence-corrected chi connectivity index (χ2v) is 5.96. The fourth-order valence-electron chi connectivity index (χ4n) is 2.09. The van der Waals surface area contributed by atoms with Gasteiger partial charge in [0.25, 0.3) is 5.91 Å². The standard InChI is InChI=1S/C19H23N3O3/c1-4-25-19(24)14-5-7-15(8-6-14)22-18(23)17-11-16(9-10-20-17)21-12-13(2)3/h5-11,13H,4,12H2,1-3H3,(H,20,21)(H,22,23). The van der Waals surface area contributed by atoms with Gasteiger partial charge in [-0.3, -0.25) is 9.78 Å². The molecule has 0 spiro atoms. The Morgan fingerprint density at radius 3 is 2.48 bits per heavy atom. The minimum Gasteiger partial charge on any atom is -0.462 e. The van der Waals surface area contributed by atoms with Crippen LogP contribution in [0.2, 0.25) is 0 Å². The van der Waals surface area contributed by atoms with Gasteiger partial charge in [-0.15, -0.1) is 0 Å². The highest BCUT2D eigenvalue weighted by molar-refractivity contribution is 6.03. The van der Waals surface area contributed by atoms with E-state index in [-0.39, 0.29) is 11.9 Å². The van der Waals surface area contributed by atoms with Gasteiger partial charge >= 0.3 is 5.97 Å². The molecule has 1 aromatic carbocycles. The topological polar surface area (TPSA) is 80.3 Å². The number of ether oxygens (including phenoxy) is 1. The number of rotatable bonds is 7. The van der Waals surface area contributed by atoms with Crippen LogP contribution in [-0.4, -0.2) is 30.0 Å². The second-order valence-electron chi connectivity index (χ2n) is 5.96. The highest BCUT2D eigenvalue weighted by atomic mass is 16.5. The number of pyridine rings is 1. The van der Waals surface area contributed by atoms with Crippen molar-refractivity contribution in [2.75, 3.05) is 23.8 Å². The molecule has 2 N–H and O–H groups in total. The molecule has 1 heterocycles. The van der Waals surface area contributed by atoms with Crippen LogP contribution in [0.5, 0.6) is 0 Å². The van der Waals surface area contributed by atoms with Crippen LogP contribution in [0.4, 0.5) is 11.4 Å². The van der Waals surface area contributed by atoms with Gasteiger partial charge in [-0.25, -0.2) is 4.79 Å². The van der Waals surface area contributed by atoms with E-state index in [0.717, 1.165) is 12.2 Å². The highest BCUT2D eigenvalue weighted by Crippen LogP contribution is 2.14. The third-order valence-electron chi connectivity index (χ3n) is 3.36. The SMILES string of the molecule is CCOC(=O)c1ccc(NC(=O)c2cc(NCC(C)C)ccn2)cc1. The number of carbonyl (C=O) groups is 2. The first kappa shape index (κ1) is 18.4. The van der Waals surface area contributed by atoms with Gasteiger partial charge in [0.1, 0.15) is 5.69 Å². The molecule has 0 saturated heterocycles. The van der Waals surface area contributed by atoms with Crippen molar-refractivity contribution in [1.82, 2.24) is 4.98 Å². The zero-order valence-corrected chi connectivity index (χ0v) is 14.7. The lowest BCUT2D eigenvalue weighted by atomic mass is 10.2. The van der Waals surface area contributed by atoms with Crippen molar-refractivity contribution < 1.29 is 14.3 Å². The molecular weight excluding hydrogens is 318 g/mol. The van der Waals surface area contributed by atoms with Gasteiger partial charge in [0, 0.05) is 24.1 Å². The van der Waals surface area contributed by atoms with Crippen LogP contribution in [-0.2, 0) is 4.74 Å². The molecule has 6 nitrogen and oxygen atoms in total. The molecule has 0 saturated carbocycles. The fraction of sp³-hybridized carbons (Fsp3) is 0.316. The summed E-state index contributed by atoms with van der Waals surface area (Å²) in [7, 11) is 0. The van der Waals surface area contributed by atoms with E-state index in [4.69, 9.17) is 4.74 Å². The summed E-state index contributed by atoms with van der Waals surface area (Å²) >= 11 is 0. The summed E-state index contributed by atoms with van der Waals surface area (Å²) in [5.41, 5.74) is 2.20. The van der Waals surface area contributed by atoms with Crippen molar-refractivity contribution in [3.63, 3.8) is 0 Å². The first-order valence-corrected chi connectivity index (χ1v) is 8.28. The minimum absolute atomic E-state index is 0.308. The van der Waals surface area contributed by atoms with Crippen molar-refractivity contribution in [2.45, 2.75) is 20.8 Å². The van der Waals surface area contributed by atoms with Gasteiger partial charge in [-0.2, -0.15) is 0 Å². The molecule has 0 unspecified atom stereocenters. The summed E-state index contributed by atoms with van der Waals surface area (Å²) in [6, 6.07) is 10.1. The maximum absolute atomic E-state index is 12.3. The number of benzene rings is 1. The molecule has 0 radical (unpaired) electrons. The van der Waals surface area contributed by atoms with Crippen LogP contribution in [0, 0.1) is 5.92 Å². The monoisotopic (exact) mass is 341 g/mol. The maximum Gasteiger partial charge on any atom is 0.338 e. The summed E-state index contributed by atoms with van der Waals surface area (Å²) in [5.74, 6) is -0.189. The fourth-order valence-corrected chi connectivity index (χ4v) is 2.09. The summed E-state index contributed by atoms with van der Waals surface area (Å²) in [6.45, 7) is 7.12. The van der Waals surface area contributed by atoms with Crippen LogP contribution in [0.25, 0.3) is 0 Å². The Morgan fingerprint density at radius 1 is 1.12 bits per heavy atom. The average Bonchev–Trinajstić information content (AvgIpc) is 2.61. The second kappa shape index (κ2) is 8.82. The lowest BCUT2D eigenvalue weighted by molar-refractivity contribution is 0.0526. The van der Waals surface area contributed by atoms with E-state index in [1.54, 1.807) is 43.5 Å². The van der Waals surface area contributed by atoms with Crippen LogP contribution in [0.3, 0.4) is 0 Å². The molecule has 1 amide bonds. The van der Waals surface area contributed by atoms with E-state index in [1.165, 1.54) is 0 Å². The third-order valence-corrected chi connectivity index (χ3v) is 3.36. The number of carbonyl (C=O) groups excluding carboxylic acids is 2. The van der Waals surface area contributed by atoms with Crippen LogP contribution >= 0.6 is 0 Å². The maximum atomic E-state index is 12.3. The van der Waals surface area contributed by atoms with E-state index in [1.807, 2.05) is 6.07 Å². The highest BCUT2D eigenvalue weighted by Gasteiger charge is 2.10. The zero-order chi connectivity index (χ0) is 18.2. The molecule has 0 aliphatic carbocycles. The van der Waals surface area contributed by atoms with Crippen molar-refractivity contribution in [3.8, 4) is 0 Å². The average molecular weight is 341 g/mol. The van der Waals surface area contributed by atoms with Crippen LogP contribution < -0.4 is 10.6 Å². The molecule has 0 fully saturated rings. The summed E-state index contributed by atoms with van der Waals surface area (Å²) < 4.78 is 4.93. The van der Waals surface area contributed by atoms with Crippen molar-refractivity contribution >= 4 is 23.3 Å². The number of hydrogen-bond donors (Lipinski definition) is 2. The smallest absolute Gasteiger partial charge is 0.338 e. The van der Waals surface area contributed by atoms with Gasteiger partial charge in [0.15, 0.2) is 0 Å². The summed E-state index contributed by atoms with van der Waals surface area (Å²) in [4.78, 5) is 28.1. The molecule has 6 heteroatoms. The van der Waals surface area contributed by atoms with Gasteiger partial charge in [0.05, 0.1) is 12.2 Å². The Morgan fingerprint density at radius 2 is 1.84 bits per heavy atom. The van der Waals surface area contributed by atoms with Crippen LogP contribution in [0.1, 0.15) is 41.6 Å². The van der Waals surface area contributed by atoms with Crippen molar-refractivity contribution in [3.05, 3.63) is 53.9 Å². The van der Waals surface area contributed by atoms with E-state index >= 15 is 0 Å². The Kier molecular flexibility index (Phi) is 6.51. The normalized spacial score (nSPS) is 10.4. The Hall–Kier alpha value is -2.89. The quantitative estimate of drug-likeness (QED) is 0.753. The van der Waals surface area contributed by atoms with E-state index in [2.05, 4.69) is 29.5 Å². The molecule has 132 valence electrons. The van der Waals surface area contributed by atoms with Crippen molar-refractivity contribution in [2.24, 2.45) is 5.92 Å². The van der Waals surface area contributed by atoms with Crippen LogP contribution in [0.15, 0.2) is 42.6 Å². The summed E-state index contributed by atoms with van der Waals surface area (Å²) in [5, 5.41) is 6.03. The van der Waals surface area contributed by atoms with E-state index in [0.29, 0.717) is 29.5 Å². The van der Waals surface area contributed by atoms with E-state index in [9.17, 15) is 9.59 Å². The molecule has 0 atom stereocenters. The lowest BCUT2D eigenvalue weighted by Gasteiger charge is -2.10. The van der Waals surface area contributed by atoms with Gasteiger partial charge < -0.3 is 15.4 Å². The molecule has 2 rings (SSSR count). The van der Waals surface area contributed by atoms with Gasteiger partial charge in [0.2, 0.25) is 0 Å². The molecule has 0 aliphatic rings. The Labute approximate surface area is 147 Å². The van der Waals surface area contributed by atoms with Gasteiger partial charge in [-0.1, -0.05) is 13.8 Å². The largest absolute Gasteiger partial charge is 0.462 e. The number of nitrogens with one attached hydrogen (secondary N) is 2. The predicted molar refractivity (Wildman–Crippen MR) is 97.9 cm³/mol. The number of nitrogens with zero attached hydrogens (tertiary/aromatic N) is 1. The number of hydrogen-bond acceptors (Lipinski definition) is 5. The minimum atomic E-state index is -0.383. The Bertz CT molecular complexity index is 727. The number of aromatic nitrogens is 1. The molecule has 2 aromatic rings. The molecule has 0 bridgehead atoms. The zero-order valence-electron chi connectivity index (χ0n) is 14.7. The third kappa shape index (κ3) is 5.60. The summed E-state index contributed by atoms with van der Waals surface area (Å²) in [6.07, 6.45) is 1.60. The number of amides is 1. The first-order chi connectivity index (χ1) is 12.0. The Balaban J connectivity index is 2.02. The van der Waals surface area contributed by atoms with Gasteiger partial charge in [-0.05, 0) is 49.2 Å². The molecule has 1 aromatic heterocycles. The number of anilines is 2. The number of esters is 1. The predicted octanol–water partition coefficient (Wildman–Crippen LogP) is 3.58. The lowest BCUT2D eigenvalue weighted by Crippen LogP contribution is -2.15. The van der Waals surface area contributed by atoms with E-state index < -0.39 is 0 Å². The molecule has 25 heavy (non-hydrogen) atoms. The first-order valence-electron chi connectivity index (χ1n) is 8.28. The molecule has 0 aliphatic heterocycles.